The molecule has 0 N–H and O–H groups in total. The van der Waals surface area contributed by atoms with Gasteiger partial charge in [0.25, 0.3) is 0 Å². The van der Waals surface area contributed by atoms with E-state index in [9.17, 15) is 13.6 Å². The van der Waals surface area contributed by atoms with Crippen molar-refractivity contribution in [2.24, 2.45) is 0 Å². The predicted molar refractivity (Wildman–Crippen MR) is 59.2 cm³/mol. The van der Waals surface area contributed by atoms with Gasteiger partial charge in [-0.2, -0.15) is 0 Å². The van der Waals surface area contributed by atoms with E-state index in [1.165, 1.54) is 19.4 Å². The van der Waals surface area contributed by atoms with E-state index in [0.29, 0.717) is 0 Å². The second-order valence-electron chi connectivity index (χ2n) is 3.43. The Bertz CT molecular complexity index is 601. The second-order valence-corrected chi connectivity index (χ2v) is 3.43. The van der Waals surface area contributed by atoms with Gasteiger partial charge in [-0.15, -0.1) is 0 Å². The fraction of sp³-hybridized carbons (Fsp3) is 0.167. The average molecular weight is 253 g/mol. The van der Waals surface area contributed by atoms with Crippen LogP contribution in [0.1, 0.15) is 0 Å². The molecule has 0 unspecified atom stereocenters. The van der Waals surface area contributed by atoms with Gasteiger partial charge >= 0.3 is 5.97 Å². The van der Waals surface area contributed by atoms with Gasteiger partial charge < -0.3 is 9.47 Å². The van der Waals surface area contributed by atoms with Crippen LogP contribution in [0.4, 0.5) is 8.78 Å². The Hall–Kier alpha value is -2.24. The van der Waals surface area contributed by atoms with Crippen LogP contribution >= 0.6 is 0 Å². The highest BCUT2D eigenvalue weighted by atomic mass is 19.1. The van der Waals surface area contributed by atoms with Crippen LogP contribution in [-0.4, -0.2) is 24.7 Å². The minimum absolute atomic E-state index is 0.0439. The first-order valence-electron chi connectivity index (χ1n) is 5.06. The Balaban J connectivity index is 2.45. The molecule has 0 saturated heterocycles. The molecule has 18 heavy (non-hydrogen) atoms. The molecule has 0 amide bonds. The van der Waals surface area contributed by atoms with E-state index < -0.39 is 17.6 Å². The van der Waals surface area contributed by atoms with E-state index in [4.69, 9.17) is 4.74 Å². The second kappa shape index (κ2) is 4.95. The number of rotatable bonds is 3. The quantitative estimate of drug-likeness (QED) is 0.785. The molecule has 0 saturated carbocycles. The maximum absolute atomic E-state index is 13.6. The summed E-state index contributed by atoms with van der Waals surface area (Å²) in [7, 11) is 1.20. The third kappa shape index (κ3) is 2.22. The Kier molecular flexibility index (Phi) is 3.36. The number of aromatic nitrogens is 1. The fourth-order valence-electron chi connectivity index (χ4n) is 1.48. The third-order valence-corrected chi connectivity index (χ3v) is 2.33. The summed E-state index contributed by atoms with van der Waals surface area (Å²) in [5.74, 6) is -1.89. The number of benzene rings is 1. The molecule has 4 nitrogen and oxygen atoms in total. The summed E-state index contributed by atoms with van der Waals surface area (Å²) >= 11 is 0. The molecule has 0 bridgehead atoms. The molecule has 1 aromatic heterocycles. The number of halogens is 2. The van der Waals surface area contributed by atoms with E-state index in [-0.39, 0.29) is 23.3 Å². The molecule has 0 aliphatic heterocycles. The van der Waals surface area contributed by atoms with Crippen LogP contribution in [0.15, 0.2) is 24.4 Å². The lowest BCUT2D eigenvalue weighted by Crippen LogP contribution is -2.13. The Morgan fingerprint density at radius 1 is 1.28 bits per heavy atom. The topological polar surface area (TPSA) is 48.4 Å². The number of carbonyl (C=O) groups is 1. The number of fused-ring (bicyclic) bond motifs is 1. The van der Waals surface area contributed by atoms with Gasteiger partial charge in [-0.3, -0.25) is 4.98 Å². The molecular formula is C12H9F2NO3. The van der Waals surface area contributed by atoms with E-state index in [1.54, 1.807) is 0 Å². The van der Waals surface area contributed by atoms with Crippen LogP contribution in [0, 0.1) is 11.6 Å². The lowest BCUT2D eigenvalue weighted by atomic mass is 10.2. The SMILES string of the molecule is COC(=O)COc1ccnc2c(F)ccc(F)c12. The number of esters is 1. The molecule has 1 heterocycles. The van der Waals surface area contributed by atoms with Crippen LogP contribution in [0.3, 0.4) is 0 Å². The molecular weight excluding hydrogens is 244 g/mol. The van der Waals surface area contributed by atoms with Crippen LogP contribution < -0.4 is 4.74 Å². The largest absolute Gasteiger partial charge is 0.481 e. The number of nitrogens with zero attached hydrogens (tertiary/aromatic N) is 1. The zero-order valence-electron chi connectivity index (χ0n) is 9.44. The van der Waals surface area contributed by atoms with Crippen molar-refractivity contribution in [3.8, 4) is 5.75 Å². The van der Waals surface area contributed by atoms with E-state index in [2.05, 4.69) is 9.72 Å². The molecule has 0 radical (unpaired) electrons. The molecule has 0 atom stereocenters. The van der Waals surface area contributed by atoms with Crippen molar-refractivity contribution in [1.82, 2.24) is 4.98 Å². The minimum Gasteiger partial charge on any atom is -0.481 e. The molecule has 94 valence electrons. The Labute approximate surface area is 101 Å². The molecule has 6 heteroatoms. The van der Waals surface area contributed by atoms with Crippen molar-refractivity contribution in [3.63, 3.8) is 0 Å². The molecule has 0 aliphatic carbocycles. The number of pyridine rings is 1. The summed E-state index contributed by atoms with van der Waals surface area (Å²) in [4.78, 5) is 14.7. The highest BCUT2D eigenvalue weighted by molar-refractivity contribution is 5.86. The third-order valence-electron chi connectivity index (χ3n) is 2.33. The molecule has 2 aromatic rings. The lowest BCUT2D eigenvalue weighted by molar-refractivity contribution is -0.142. The number of hydrogen-bond donors (Lipinski definition) is 0. The number of ether oxygens (including phenoxy) is 2. The minimum atomic E-state index is -0.667. The Morgan fingerprint density at radius 2 is 2.00 bits per heavy atom. The first-order valence-corrected chi connectivity index (χ1v) is 5.06. The lowest BCUT2D eigenvalue weighted by Gasteiger charge is -2.08. The number of hydrogen-bond acceptors (Lipinski definition) is 4. The van der Waals surface area contributed by atoms with Crippen LogP contribution in [0.2, 0.25) is 0 Å². The van der Waals surface area contributed by atoms with Gasteiger partial charge in [0.05, 0.1) is 12.5 Å². The normalized spacial score (nSPS) is 10.4. The van der Waals surface area contributed by atoms with Crippen molar-refractivity contribution in [1.29, 1.82) is 0 Å². The van der Waals surface area contributed by atoms with Crippen molar-refractivity contribution < 1.29 is 23.0 Å². The predicted octanol–water partition coefficient (Wildman–Crippen LogP) is 2.06. The van der Waals surface area contributed by atoms with Gasteiger partial charge in [0.15, 0.2) is 6.61 Å². The summed E-state index contributed by atoms with van der Waals surface area (Å²) in [5, 5.41) is -0.0959. The maximum Gasteiger partial charge on any atom is 0.343 e. The molecule has 2 rings (SSSR count). The first-order chi connectivity index (χ1) is 8.63. The van der Waals surface area contributed by atoms with Gasteiger partial charge in [0.1, 0.15) is 22.9 Å². The first kappa shape index (κ1) is 12.2. The average Bonchev–Trinajstić information content (AvgIpc) is 2.40. The van der Waals surface area contributed by atoms with Crippen molar-refractivity contribution in [2.75, 3.05) is 13.7 Å². The van der Waals surface area contributed by atoms with Crippen molar-refractivity contribution in [3.05, 3.63) is 36.0 Å². The number of carbonyl (C=O) groups excluding carboxylic acids is 1. The monoisotopic (exact) mass is 253 g/mol. The van der Waals surface area contributed by atoms with E-state index >= 15 is 0 Å². The molecule has 1 aromatic carbocycles. The summed E-state index contributed by atoms with van der Waals surface area (Å²) in [6, 6.07) is 3.31. The van der Waals surface area contributed by atoms with Gasteiger partial charge in [-0.25, -0.2) is 13.6 Å². The van der Waals surface area contributed by atoms with Crippen LogP contribution in [-0.2, 0) is 9.53 Å². The van der Waals surface area contributed by atoms with Crippen molar-refractivity contribution >= 4 is 16.9 Å². The summed E-state index contributed by atoms with van der Waals surface area (Å²) in [6.07, 6.45) is 1.28. The molecule has 0 fully saturated rings. The van der Waals surface area contributed by atoms with E-state index in [1.807, 2.05) is 0 Å². The van der Waals surface area contributed by atoms with Gasteiger partial charge in [0.2, 0.25) is 0 Å². The highest BCUT2D eigenvalue weighted by Crippen LogP contribution is 2.28. The standard InChI is InChI=1S/C12H9F2NO3/c1-17-10(16)6-18-9-4-5-15-12-8(14)3-2-7(13)11(9)12/h2-5H,6H2,1H3. The zero-order valence-corrected chi connectivity index (χ0v) is 9.44. The summed E-state index contributed by atoms with van der Waals surface area (Å²) in [6.45, 7) is -0.383. The van der Waals surface area contributed by atoms with Crippen LogP contribution in [0.5, 0.6) is 5.75 Å². The van der Waals surface area contributed by atoms with Gasteiger partial charge in [-0.1, -0.05) is 0 Å². The number of methoxy groups -OCH3 is 1. The Morgan fingerprint density at radius 3 is 2.72 bits per heavy atom. The smallest absolute Gasteiger partial charge is 0.343 e. The van der Waals surface area contributed by atoms with E-state index in [0.717, 1.165) is 12.1 Å². The maximum atomic E-state index is 13.6. The van der Waals surface area contributed by atoms with Gasteiger partial charge in [-0.05, 0) is 18.2 Å². The van der Waals surface area contributed by atoms with Gasteiger partial charge in [0, 0.05) is 6.20 Å². The zero-order chi connectivity index (χ0) is 13.1. The van der Waals surface area contributed by atoms with Crippen molar-refractivity contribution in [2.45, 2.75) is 0 Å². The summed E-state index contributed by atoms with van der Waals surface area (Å²) in [5.41, 5.74) is -0.141. The highest BCUT2D eigenvalue weighted by Gasteiger charge is 2.13. The molecule has 0 aliphatic rings. The van der Waals surface area contributed by atoms with Crippen LogP contribution in [0.25, 0.3) is 10.9 Å². The molecule has 0 spiro atoms. The fourth-order valence-corrected chi connectivity index (χ4v) is 1.48. The summed E-state index contributed by atoms with van der Waals surface area (Å²) < 4.78 is 36.5.